The van der Waals surface area contributed by atoms with Gasteiger partial charge in [-0.3, -0.25) is 0 Å². The van der Waals surface area contributed by atoms with Crippen LogP contribution < -0.4 is 10.2 Å². The molecule has 0 radical (unpaired) electrons. The molecule has 0 bridgehead atoms. The first-order valence-electron chi connectivity index (χ1n) is 11.7. The van der Waals surface area contributed by atoms with Gasteiger partial charge in [-0.1, -0.05) is 17.7 Å². The molecule has 0 spiro atoms. The van der Waals surface area contributed by atoms with Crippen LogP contribution in [0.5, 0.6) is 0 Å². The number of nitrogens with zero attached hydrogens (tertiary/aromatic N) is 6. The molecule has 9 heteroatoms. The Hall–Kier alpha value is -3.26. The van der Waals surface area contributed by atoms with E-state index in [-0.39, 0.29) is 11.1 Å². The first-order chi connectivity index (χ1) is 16.5. The number of hydrogen-bond donors (Lipinski definition) is 1. The minimum Gasteiger partial charge on any atom is -0.356 e. The molecule has 1 aliphatic heterocycles. The zero-order chi connectivity index (χ0) is 23.2. The Morgan fingerprint density at radius 3 is 2.62 bits per heavy atom. The van der Waals surface area contributed by atoms with E-state index >= 15 is 0 Å². The fourth-order valence-corrected chi connectivity index (χ4v) is 4.81. The number of piperidine rings is 1. The van der Waals surface area contributed by atoms with Crippen molar-refractivity contribution in [3.8, 4) is 11.1 Å². The fraction of sp³-hybridized carbons (Fsp3) is 0.360. The fourth-order valence-electron chi connectivity index (χ4n) is 4.63. The number of aryl methyl sites for hydroxylation is 1. The molecule has 3 aromatic heterocycles. The molecule has 1 N–H and O–H groups in total. The Kier molecular flexibility index (Phi) is 5.32. The van der Waals surface area contributed by atoms with Crippen LogP contribution in [0.15, 0.2) is 42.9 Å². The Balaban J connectivity index is 1.25. The van der Waals surface area contributed by atoms with Crippen LogP contribution in [0.4, 0.5) is 16.2 Å². The highest BCUT2D eigenvalue weighted by Crippen LogP contribution is 2.42. The van der Waals surface area contributed by atoms with Gasteiger partial charge in [-0.2, -0.15) is 4.98 Å². The van der Waals surface area contributed by atoms with Crippen LogP contribution in [0.1, 0.15) is 42.9 Å². The molecule has 7 nitrogen and oxygen atoms in total. The lowest BCUT2D eigenvalue weighted by Crippen LogP contribution is -2.39. The molecular formula is C25H25ClFN7. The number of aromatic nitrogens is 5. The third-order valence-electron chi connectivity index (χ3n) is 6.68. The van der Waals surface area contributed by atoms with Crippen molar-refractivity contribution in [1.82, 2.24) is 24.6 Å². The first kappa shape index (κ1) is 21.3. The number of nitrogens with one attached hydrogen (secondary N) is 1. The standard InChI is InChI=1S/C25H25ClFN7/c1-15-10-23(29-14-28-15)33-8-6-19(7-9-33)30-25-31-24-20(17-4-5-22(27)21(26)12-17)11-18(16-2-3-16)13-34(24)32-25/h4-5,10-14,16,19H,2-3,6-9H2,1H3,(H,30,32). The van der Waals surface area contributed by atoms with E-state index < -0.39 is 5.82 Å². The first-order valence-corrected chi connectivity index (χ1v) is 12.1. The number of fused-ring (bicyclic) bond motifs is 1. The van der Waals surface area contributed by atoms with Crippen LogP contribution in [0.3, 0.4) is 0 Å². The molecule has 1 saturated carbocycles. The average Bonchev–Trinajstić information content (AvgIpc) is 3.61. The van der Waals surface area contributed by atoms with Gasteiger partial charge in [-0.05, 0) is 67.9 Å². The third kappa shape index (κ3) is 4.18. The van der Waals surface area contributed by atoms with E-state index in [2.05, 4.69) is 32.4 Å². The van der Waals surface area contributed by atoms with Gasteiger partial charge in [0.05, 0.1) is 5.02 Å². The molecular weight excluding hydrogens is 453 g/mol. The van der Waals surface area contributed by atoms with Crippen LogP contribution in [-0.2, 0) is 0 Å². The molecule has 1 aliphatic carbocycles. The molecule has 1 saturated heterocycles. The number of benzene rings is 1. The molecule has 0 unspecified atom stereocenters. The summed E-state index contributed by atoms with van der Waals surface area (Å²) >= 11 is 6.09. The van der Waals surface area contributed by atoms with Crippen LogP contribution in [0, 0.1) is 12.7 Å². The van der Waals surface area contributed by atoms with Crippen molar-refractivity contribution < 1.29 is 4.39 Å². The minimum atomic E-state index is -0.424. The molecule has 0 amide bonds. The van der Waals surface area contributed by atoms with Crippen LogP contribution in [0.25, 0.3) is 16.8 Å². The summed E-state index contributed by atoms with van der Waals surface area (Å²) in [4.78, 5) is 15.7. The van der Waals surface area contributed by atoms with Crippen LogP contribution in [-0.4, -0.2) is 43.7 Å². The normalized spacial score (nSPS) is 16.9. The van der Waals surface area contributed by atoms with E-state index in [1.54, 1.807) is 18.5 Å². The largest absolute Gasteiger partial charge is 0.356 e. The summed E-state index contributed by atoms with van der Waals surface area (Å²) in [6, 6.07) is 9.27. The number of halogens is 2. The highest BCUT2D eigenvalue weighted by molar-refractivity contribution is 6.31. The van der Waals surface area contributed by atoms with E-state index in [0.29, 0.717) is 11.9 Å². The van der Waals surface area contributed by atoms with Gasteiger partial charge in [0.1, 0.15) is 18.0 Å². The van der Waals surface area contributed by atoms with Crippen molar-refractivity contribution in [2.24, 2.45) is 0 Å². The van der Waals surface area contributed by atoms with Gasteiger partial charge in [-0.25, -0.2) is 18.9 Å². The number of hydrogen-bond acceptors (Lipinski definition) is 6. The maximum Gasteiger partial charge on any atom is 0.243 e. The van der Waals surface area contributed by atoms with Crippen molar-refractivity contribution in [1.29, 1.82) is 0 Å². The second kappa shape index (κ2) is 8.51. The van der Waals surface area contributed by atoms with Gasteiger partial charge < -0.3 is 10.2 Å². The second-order valence-corrected chi connectivity index (χ2v) is 9.62. The molecule has 4 aromatic rings. The number of anilines is 2. The summed E-state index contributed by atoms with van der Waals surface area (Å²) in [5.74, 6) is 1.72. The van der Waals surface area contributed by atoms with Crippen LogP contribution in [0.2, 0.25) is 5.02 Å². The molecule has 0 atom stereocenters. The number of rotatable bonds is 5. The lowest BCUT2D eigenvalue weighted by molar-refractivity contribution is 0.520. The highest BCUT2D eigenvalue weighted by atomic mass is 35.5. The Labute approximate surface area is 202 Å². The third-order valence-corrected chi connectivity index (χ3v) is 6.97. The smallest absolute Gasteiger partial charge is 0.243 e. The molecule has 6 rings (SSSR count). The lowest BCUT2D eigenvalue weighted by Gasteiger charge is -2.32. The Bertz CT molecular complexity index is 1360. The Morgan fingerprint density at radius 1 is 1.06 bits per heavy atom. The molecule has 4 heterocycles. The van der Waals surface area contributed by atoms with Crippen molar-refractivity contribution >= 4 is 29.0 Å². The van der Waals surface area contributed by atoms with Gasteiger partial charge in [0.15, 0.2) is 5.65 Å². The average molecular weight is 478 g/mol. The van der Waals surface area contributed by atoms with E-state index in [9.17, 15) is 4.39 Å². The zero-order valence-corrected chi connectivity index (χ0v) is 19.6. The van der Waals surface area contributed by atoms with Crippen molar-refractivity contribution in [2.45, 2.75) is 44.6 Å². The summed E-state index contributed by atoms with van der Waals surface area (Å²) < 4.78 is 15.6. The Morgan fingerprint density at radius 2 is 1.88 bits per heavy atom. The van der Waals surface area contributed by atoms with Crippen molar-refractivity contribution in [2.75, 3.05) is 23.3 Å². The summed E-state index contributed by atoms with van der Waals surface area (Å²) in [5, 5.41) is 8.38. The molecule has 2 fully saturated rings. The summed E-state index contributed by atoms with van der Waals surface area (Å²) in [7, 11) is 0. The quantitative estimate of drug-likeness (QED) is 0.423. The lowest BCUT2D eigenvalue weighted by atomic mass is 10.0. The number of pyridine rings is 1. The van der Waals surface area contributed by atoms with Crippen molar-refractivity contribution in [3.63, 3.8) is 0 Å². The topological polar surface area (TPSA) is 71.2 Å². The van der Waals surface area contributed by atoms with Gasteiger partial charge in [0.2, 0.25) is 5.95 Å². The molecule has 2 aliphatic rings. The maximum absolute atomic E-state index is 13.8. The molecule has 1 aromatic carbocycles. The monoisotopic (exact) mass is 477 g/mol. The predicted octanol–water partition coefficient (Wildman–Crippen LogP) is 5.25. The zero-order valence-electron chi connectivity index (χ0n) is 18.9. The predicted molar refractivity (Wildman–Crippen MR) is 131 cm³/mol. The van der Waals surface area contributed by atoms with Gasteiger partial charge in [-0.15, -0.1) is 5.10 Å². The molecule has 174 valence electrons. The van der Waals surface area contributed by atoms with Gasteiger partial charge in [0, 0.05) is 42.7 Å². The van der Waals surface area contributed by atoms with Crippen LogP contribution >= 0.6 is 11.6 Å². The molecule has 34 heavy (non-hydrogen) atoms. The van der Waals surface area contributed by atoms with E-state index in [1.807, 2.05) is 17.5 Å². The maximum atomic E-state index is 13.8. The SMILES string of the molecule is Cc1cc(N2CCC(Nc3nc4c(-c5ccc(F)c(Cl)c5)cc(C5CC5)cn4n3)CC2)ncn1. The summed E-state index contributed by atoms with van der Waals surface area (Å²) in [6.07, 6.45) is 7.98. The van der Waals surface area contributed by atoms with Crippen molar-refractivity contribution in [3.05, 3.63) is 65.0 Å². The van der Waals surface area contributed by atoms with E-state index in [0.717, 1.165) is 54.2 Å². The van der Waals surface area contributed by atoms with Gasteiger partial charge in [0.25, 0.3) is 0 Å². The van der Waals surface area contributed by atoms with E-state index in [4.69, 9.17) is 21.7 Å². The van der Waals surface area contributed by atoms with E-state index in [1.165, 1.54) is 24.5 Å². The van der Waals surface area contributed by atoms with Gasteiger partial charge >= 0.3 is 0 Å². The summed E-state index contributed by atoms with van der Waals surface area (Å²) in [5.41, 5.74) is 4.70. The summed E-state index contributed by atoms with van der Waals surface area (Å²) in [6.45, 7) is 3.80. The minimum absolute atomic E-state index is 0.107. The highest BCUT2D eigenvalue weighted by Gasteiger charge is 2.26. The second-order valence-electron chi connectivity index (χ2n) is 9.22.